The largest absolute Gasteiger partial charge is 0.416 e. The summed E-state index contributed by atoms with van der Waals surface area (Å²) in [6.07, 6.45) is -8.68. The van der Waals surface area contributed by atoms with E-state index in [0.717, 1.165) is 19.3 Å². The molecule has 4 fully saturated rings. The van der Waals surface area contributed by atoms with Crippen LogP contribution in [-0.2, 0) is 11.1 Å². The summed E-state index contributed by atoms with van der Waals surface area (Å²) in [5.41, 5.74) is 0. The lowest BCUT2D eigenvalue weighted by molar-refractivity contribution is -0.272. The maximum absolute atomic E-state index is 13.4. The lowest BCUT2D eigenvalue weighted by Crippen LogP contribution is -2.61. The zero-order valence-electron chi connectivity index (χ0n) is 13.3. The van der Waals surface area contributed by atoms with Crippen molar-refractivity contribution in [2.45, 2.75) is 55.6 Å². The molecule has 0 amide bonds. The van der Waals surface area contributed by atoms with Crippen molar-refractivity contribution in [2.75, 3.05) is 0 Å². The summed E-state index contributed by atoms with van der Waals surface area (Å²) in [6, 6.07) is 0. The van der Waals surface area contributed by atoms with E-state index >= 15 is 0 Å². The van der Waals surface area contributed by atoms with Crippen LogP contribution in [0.2, 0.25) is 0 Å². The molecule has 1 N–H and O–H groups in total. The van der Waals surface area contributed by atoms with E-state index in [9.17, 15) is 30.6 Å². The number of halogens is 6. The fourth-order valence-corrected chi connectivity index (χ4v) is 7.72. The lowest BCUT2D eigenvalue weighted by Gasteiger charge is -2.42. The van der Waals surface area contributed by atoms with Gasteiger partial charge in [-0.3, -0.25) is 0 Å². The zero-order valence-corrected chi connectivity index (χ0v) is 14.1. The van der Waals surface area contributed by atoms with Crippen LogP contribution >= 0.6 is 0 Å². The molecular formula is C16H20F6O2S. The van der Waals surface area contributed by atoms with E-state index in [4.69, 9.17) is 4.55 Å². The van der Waals surface area contributed by atoms with Crippen LogP contribution < -0.4 is 0 Å². The van der Waals surface area contributed by atoms with Gasteiger partial charge < -0.3 is 4.55 Å². The third kappa shape index (κ3) is 2.29. The van der Waals surface area contributed by atoms with Crippen molar-refractivity contribution >= 4 is 11.1 Å². The fourth-order valence-electron chi connectivity index (χ4n) is 6.97. The van der Waals surface area contributed by atoms with Gasteiger partial charge >= 0.3 is 12.4 Å². The van der Waals surface area contributed by atoms with Gasteiger partial charge in [-0.15, -0.1) is 0 Å². The molecule has 0 aromatic carbocycles. The van der Waals surface area contributed by atoms with Crippen molar-refractivity contribution in [1.29, 1.82) is 0 Å². The average molecular weight is 390 g/mol. The van der Waals surface area contributed by atoms with Crippen molar-refractivity contribution in [3.63, 3.8) is 0 Å². The van der Waals surface area contributed by atoms with Gasteiger partial charge in [-0.25, -0.2) is 4.21 Å². The van der Waals surface area contributed by atoms with Crippen LogP contribution in [0.4, 0.5) is 26.3 Å². The Morgan fingerprint density at radius 2 is 1.40 bits per heavy atom. The summed E-state index contributed by atoms with van der Waals surface area (Å²) in [7, 11) is 0. The van der Waals surface area contributed by atoms with E-state index in [1.54, 1.807) is 0 Å². The summed E-state index contributed by atoms with van der Waals surface area (Å²) in [4.78, 5) is 0. The number of hydrogen-bond donors (Lipinski definition) is 1. The molecule has 2 nitrogen and oxygen atoms in total. The lowest BCUT2D eigenvalue weighted by atomic mass is 9.66. The second-order valence-electron chi connectivity index (χ2n) is 8.42. The molecule has 8 unspecified atom stereocenters. The van der Waals surface area contributed by atoms with Crippen molar-refractivity contribution in [3.8, 4) is 0 Å². The first-order valence-electron chi connectivity index (χ1n) is 8.72. The van der Waals surface area contributed by atoms with Gasteiger partial charge in [0.25, 0.3) is 4.75 Å². The Morgan fingerprint density at radius 1 is 0.840 bits per heavy atom. The van der Waals surface area contributed by atoms with Crippen LogP contribution in [0.1, 0.15) is 38.5 Å². The number of alkyl halides is 6. The maximum atomic E-state index is 13.4. The van der Waals surface area contributed by atoms with E-state index in [-0.39, 0.29) is 17.8 Å². The van der Waals surface area contributed by atoms with E-state index in [0.29, 0.717) is 30.6 Å². The van der Waals surface area contributed by atoms with Crippen LogP contribution in [0.5, 0.6) is 0 Å². The summed E-state index contributed by atoms with van der Waals surface area (Å²) < 4.78 is 96.1. The highest BCUT2D eigenvalue weighted by Gasteiger charge is 2.76. The van der Waals surface area contributed by atoms with E-state index < -0.39 is 40.5 Å². The molecule has 4 bridgehead atoms. The first kappa shape index (κ1) is 18.1. The minimum Gasteiger partial charge on any atom is -0.305 e. The number of rotatable bonds is 3. The Balaban J connectivity index is 1.63. The molecule has 0 aliphatic heterocycles. The fraction of sp³-hybridized carbons (Fsp3) is 1.00. The van der Waals surface area contributed by atoms with Gasteiger partial charge in [0.1, 0.15) is 0 Å². The molecule has 4 aliphatic carbocycles. The Kier molecular flexibility index (Phi) is 3.88. The van der Waals surface area contributed by atoms with Crippen molar-refractivity contribution in [2.24, 2.45) is 41.4 Å². The van der Waals surface area contributed by atoms with Crippen molar-refractivity contribution in [3.05, 3.63) is 0 Å². The molecule has 4 saturated carbocycles. The Hall–Kier alpha value is -0.310. The molecule has 0 aromatic rings. The molecule has 144 valence electrons. The van der Waals surface area contributed by atoms with Gasteiger partial charge in [0.15, 0.2) is 11.1 Å². The molecule has 4 rings (SSSR count). The second-order valence-corrected chi connectivity index (χ2v) is 9.61. The second kappa shape index (κ2) is 5.36. The van der Waals surface area contributed by atoms with E-state index in [1.165, 1.54) is 0 Å². The van der Waals surface area contributed by atoms with Gasteiger partial charge in [0.05, 0.1) is 0 Å². The number of hydrogen-bond acceptors (Lipinski definition) is 1. The smallest absolute Gasteiger partial charge is 0.305 e. The van der Waals surface area contributed by atoms with Gasteiger partial charge in [-0.05, 0) is 80.0 Å². The minimum atomic E-state index is -5.80. The third-order valence-electron chi connectivity index (χ3n) is 7.64. The van der Waals surface area contributed by atoms with Crippen LogP contribution in [-0.4, -0.2) is 25.9 Å². The highest BCUT2D eigenvalue weighted by molar-refractivity contribution is 7.81. The molecule has 0 spiro atoms. The molecule has 0 saturated heterocycles. The van der Waals surface area contributed by atoms with Crippen LogP contribution in [0.25, 0.3) is 0 Å². The molecule has 0 heterocycles. The molecule has 4 aliphatic rings. The summed E-state index contributed by atoms with van der Waals surface area (Å²) in [5, 5.41) is 0. The predicted molar refractivity (Wildman–Crippen MR) is 77.7 cm³/mol. The van der Waals surface area contributed by atoms with Gasteiger partial charge in [-0.1, -0.05) is 0 Å². The Morgan fingerprint density at radius 3 is 1.92 bits per heavy atom. The third-order valence-corrected chi connectivity index (χ3v) is 8.86. The number of fused-ring (bicyclic) bond motifs is 9. The highest BCUT2D eigenvalue weighted by atomic mass is 32.2. The highest BCUT2D eigenvalue weighted by Crippen LogP contribution is 2.70. The van der Waals surface area contributed by atoms with Crippen molar-refractivity contribution in [1.82, 2.24) is 0 Å². The first-order valence-corrected chi connectivity index (χ1v) is 9.82. The van der Waals surface area contributed by atoms with Crippen LogP contribution in [0.15, 0.2) is 0 Å². The van der Waals surface area contributed by atoms with Gasteiger partial charge in [-0.2, -0.15) is 26.3 Å². The zero-order chi connectivity index (χ0) is 18.4. The maximum Gasteiger partial charge on any atom is 0.416 e. The molecular weight excluding hydrogens is 370 g/mol. The Bertz CT molecular complexity index is 574. The van der Waals surface area contributed by atoms with Gasteiger partial charge in [0.2, 0.25) is 0 Å². The van der Waals surface area contributed by atoms with Crippen LogP contribution in [0, 0.1) is 41.4 Å². The molecule has 25 heavy (non-hydrogen) atoms. The van der Waals surface area contributed by atoms with Crippen LogP contribution in [0.3, 0.4) is 0 Å². The molecule has 9 heteroatoms. The molecule has 0 aromatic heterocycles. The molecule has 8 atom stereocenters. The quantitative estimate of drug-likeness (QED) is 0.428. The summed E-state index contributed by atoms with van der Waals surface area (Å²) >= 11 is -4.06. The molecule has 0 radical (unpaired) electrons. The normalized spacial score (nSPS) is 44.4. The first-order chi connectivity index (χ1) is 11.5. The topological polar surface area (TPSA) is 37.3 Å². The summed E-state index contributed by atoms with van der Waals surface area (Å²) in [6.45, 7) is 0. The monoisotopic (exact) mass is 390 g/mol. The van der Waals surface area contributed by atoms with Crippen molar-refractivity contribution < 1.29 is 35.1 Å². The van der Waals surface area contributed by atoms with E-state index in [2.05, 4.69) is 0 Å². The average Bonchev–Trinajstić information content (AvgIpc) is 3.19. The minimum absolute atomic E-state index is 0.155. The standard InChI is InChI=1S/C16H20F6O2S/c17-15(18,19)14(25(23)24,16(20,21)22)6-10-4-9-5-11(10)13-8-2-1-7(3-8)12(9)13/h7-13H,1-6H2,(H,23,24). The van der Waals surface area contributed by atoms with E-state index in [1.807, 2.05) is 0 Å². The Labute approximate surface area is 144 Å². The predicted octanol–water partition coefficient (Wildman–Crippen LogP) is 4.78. The summed E-state index contributed by atoms with van der Waals surface area (Å²) in [5.74, 6) is 0.982. The van der Waals surface area contributed by atoms with Gasteiger partial charge in [0, 0.05) is 0 Å². The SMILES string of the molecule is O=S(O)C(CC1CC2CC1C1C3CCC(C3)C21)(C(F)(F)F)C(F)(F)F.